The van der Waals surface area contributed by atoms with E-state index in [9.17, 15) is 4.79 Å². The number of methoxy groups -OCH3 is 1. The van der Waals surface area contributed by atoms with E-state index in [4.69, 9.17) is 4.74 Å². The summed E-state index contributed by atoms with van der Waals surface area (Å²) in [6, 6.07) is 15.1. The highest BCUT2D eigenvalue weighted by molar-refractivity contribution is 7.22. The normalized spacial score (nSPS) is 10.8. The molecule has 4 aromatic rings. The fourth-order valence-corrected chi connectivity index (χ4v) is 3.44. The number of aromatic nitrogens is 4. The molecule has 4 rings (SSSR count). The second-order valence-corrected chi connectivity index (χ2v) is 6.57. The number of fused-ring (bicyclic) bond motifs is 1. The van der Waals surface area contributed by atoms with Crippen LogP contribution in [0.1, 0.15) is 16.2 Å². The van der Waals surface area contributed by atoms with E-state index in [1.807, 2.05) is 48.5 Å². The molecular weight excluding hydrogens is 350 g/mol. The molecule has 2 aromatic heterocycles. The molecule has 2 aromatic carbocycles. The highest BCUT2D eigenvalue weighted by Gasteiger charge is 2.18. The molecule has 0 saturated heterocycles. The lowest BCUT2D eigenvalue weighted by Crippen LogP contribution is -2.14. The Labute approximate surface area is 153 Å². The molecule has 26 heavy (non-hydrogen) atoms. The van der Waals surface area contributed by atoms with Crippen LogP contribution in [0.25, 0.3) is 15.9 Å². The Kier molecular flexibility index (Phi) is 4.10. The molecule has 7 nitrogen and oxygen atoms in total. The SMILES string of the molecule is COc1cccc2sc(NC(=O)c3nn(-c4ccccc4)nc3C)nc12. The van der Waals surface area contributed by atoms with Crippen molar-refractivity contribution < 1.29 is 9.53 Å². The monoisotopic (exact) mass is 365 g/mol. The topological polar surface area (TPSA) is 81.9 Å². The van der Waals surface area contributed by atoms with Crippen LogP contribution in [0.2, 0.25) is 0 Å². The van der Waals surface area contributed by atoms with Gasteiger partial charge < -0.3 is 4.74 Å². The van der Waals surface area contributed by atoms with E-state index in [-0.39, 0.29) is 11.6 Å². The average molecular weight is 365 g/mol. The van der Waals surface area contributed by atoms with E-state index in [1.165, 1.54) is 16.1 Å². The number of amides is 1. The second-order valence-electron chi connectivity index (χ2n) is 5.54. The van der Waals surface area contributed by atoms with Crippen LogP contribution >= 0.6 is 11.3 Å². The third kappa shape index (κ3) is 2.91. The van der Waals surface area contributed by atoms with Gasteiger partial charge in [0.05, 0.1) is 23.2 Å². The second kappa shape index (κ2) is 6.57. The smallest absolute Gasteiger partial charge is 0.279 e. The number of nitrogens with zero attached hydrogens (tertiary/aromatic N) is 4. The molecule has 8 heteroatoms. The van der Waals surface area contributed by atoms with Gasteiger partial charge in [0.2, 0.25) is 0 Å². The van der Waals surface area contributed by atoms with Crippen LogP contribution in [0, 0.1) is 6.92 Å². The maximum atomic E-state index is 12.6. The van der Waals surface area contributed by atoms with Gasteiger partial charge in [-0.25, -0.2) is 4.98 Å². The fraction of sp³-hybridized carbons (Fsp3) is 0.111. The summed E-state index contributed by atoms with van der Waals surface area (Å²) in [7, 11) is 1.59. The minimum absolute atomic E-state index is 0.264. The number of aryl methyl sites for hydroxylation is 1. The van der Waals surface area contributed by atoms with Crippen molar-refractivity contribution in [1.29, 1.82) is 0 Å². The van der Waals surface area contributed by atoms with Crippen molar-refractivity contribution in [2.45, 2.75) is 6.92 Å². The molecule has 0 aliphatic carbocycles. The van der Waals surface area contributed by atoms with E-state index in [1.54, 1.807) is 14.0 Å². The first-order valence-corrected chi connectivity index (χ1v) is 8.71. The van der Waals surface area contributed by atoms with Gasteiger partial charge in [0.15, 0.2) is 10.8 Å². The van der Waals surface area contributed by atoms with Gasteiger partial charge in [0.25, 0.3) is 5.91 Å². The zero-order valence-corrected chi connectivity index (χ0v) is 14.9. The number of carbonyl (C=O) groups is 1. The molecule has 0 atom stereocenters. The molecule has 1 N–H and O–H groups in total. The van der Waals surface area contributed by atoms with Crippen molar-refractivity contribution in [3.63, 3.8) is 0 Å². The Morgan fingerprint density at radius 1 is 1.12 bits per heavy atom. The van der Waals surface area contributed by atoms with E-state index in [0.29, 0.717) is 16.6 Å². The number of benzene rings is 2. The van der Waals surface area contributed by atoms with Gasteiger partial charge >= 0.3 is 0 Å². The van der Waals surface area contributed by atoms with Crippen molar-refractivity contribution in [3.8, 4) is 11.4 Å². The summed E-state index contributed by atoms with van der Waals surface area (Å²) >= 11 is 1.38. The summed E-state index contributed by atoms with van der Waals surface area (Å²) < 4.78 is 6.24. The Morgan fingerprint density at radius 3 is 2.69 bits per heavy atom. The van der Waals surface area contributed by atoms with Gasteiger partial charge in [-0.1, -0.05) is 35.6 Å². The number of carbonyl (C=O) groups excluding carboxylic acids is 1. The lowest BCUT2D eigenvalue weighted by atomic mass is 10.3. The number of hydrogen-bond acceptors (Lipinski definition) is 6. The zero-order valence-electron chi connectivity index (χ0n) is 14.1. The molecule has 2 heterocycles. The van der Waals surface area contributed by atoms with Gasteiger partial charge in [-0.15, -0.1) is 5.10 Å². The van der Waals surface area contributed by atoms with Crippen molar-refractivity contribution >= 4 is 32.6 Å². The number of ether oxygens (including phenoxy) is 1. The highest BCUT2D eigenvalue weighted by atomic mass is 32.1. The third-order valence-corrected chi connectivity index (χ3v) is 4.74. The lowest BCUT2D eigenvalue weighted by molar-refractivity contribution is 0.102. The molecule has 0 fully saturated rings. The predicted molar refractivity (Wildman–Crippen MR) is 100 cm³/mol. The number of hydrogen-bond donors (Lipinski definition) is 1. The van der Waals surface area contributed by atoms with Gasteiger partial charge in [-0.3, -0.25) is 10.1 Å². The molecule has 0 radical (unpaired) electrons. The van der Waals surface area contributed by atoms with E-state index in [0.717, 1.165) is 15.9 Å². The summed E-state index contributed by atoms with van der Waals surface area (Å²) in [5, 5.41) is 11.9. The minimum atomic E-state index is -0.345. The van der Waals surface area contributed by atoms with E-state index < -0.39 is 0 Å². The van der Waals surface area contributed by atoms with Crippen LogP contribution in [0.4, 0.5) is 5.13 Å². The Bertz CT molecular complexity index is 1090. The highest BCUT2D eigenvalue weighted by Crippen LogP contribution is 2.32. The predicted octanol–water partition coefficient (Wildman–Crippen LogP) is 3.45. The summed E-state index contributed by atoms with van der Waals surface area (Å²) in [5.41, 5.74) is 2.32. The van der Waals surface area contributed by atoms with Gasteiger partial charge in [0, 0.05) is 0 Å². The molecule has 1 amide bonds. The summed E-state index contributed by atoms with van der Waals surface area (Å²) in [4.78, 5) is 18.5. The number of anilines is 1. The average Bonchev–Trinajstić information content (AvgIpc) is 3.25. The van der Waals surface area contributed by atoms with Crippen molar-refractivity contribution in [1.82, 2.24) is 20.0 Å². The van der Waals surface area contributed by atoms with Crippen LogP contribution in [0.3, 0.4) is 0 Å². The zero-order chi connectivity index (χ0) is 18.1. The van der Waals surface area contributed by atoms with Gasteiger partial charge in [-0.05, 0) is 31.2 Å². The summed E-state index contributed by atoms with van der Waals surface area (Å²) in [5.74, 6) is 0.327. The number of thiazole rings is 1. The standard InChI is InChI=1S/C18H15N5O2S/c1-11-15(22-23(21-11)12-7-4-3-5-8-12)17(24)20-18-19-16-13(25-2)9-6-10-14(16)26-18/h3-10H,1-2H3,(H,19,20,24). The van der Waals surface area contributed by atoms with Crippen LogP contribution < -0.4 is 10.1 Å². The first kappa shape index (κ1) is 16.2. The van der Waals surface area contributed by atoms with Crippen molar-refractivity contribution in [3.05, 3.63) is 59.9 Å². The van der Waals surface area contributed by atoms with Crippen molar-refractivity contribution in [2.24, 2.45) is 0 Å². The molecule has 0 unspecified atom stereocenters. The van der Waals surface area contributed by atoms with E-state index in [2.05, 4.69) is 20.5 Å². The molecule has 0 aliphatic rings. The van der Waals surface area contributed by atoms with Crippen molar-refractivity contribution in [2.75, 3.05) is 12.4 Å². The van der Waals surface area contributed by atoms with Gasteiger partial charge in [-0.2, -0.15) is 9.90 Å². The largest absolute Gasteiger partial charge is 0.494 e. The minimum Gasteiger partial charge on any atom is -0.494 e. The van der Waals surface area contributed by atoms with Crippen LogP contribution in [-0.4, -0.2) is 33.0 Å². The molecule has 0 bridgehead atoms. The molecule has 0 spiro atoms. The number of para-hydroxylation sites is 2. The molecule has 0 saturated carbocycles. The summed E-state index contributed by atoms with van der Waals surface area (Å²) in [6.45, 7) is 1.75. The fourth-order valence-electron chi connectivity index (χ4n) is 2.56. The summed E-state index contributed by atoms with van der Waals surface area (Å²) in [6.07, 6.45) is 0. The van der Waals surface area contributed by atoms with Crippen LogP contribution in [-0.2, 0) is 0 Å². The Balaban J connectivity index is 1.62. The van der Waals surface area contributed by atoms with Crippen LogP contribution in [0.15, 0.2) is 48.5 Å². The van der Waals surface area contributed by atoms with Gasteiger partial charge in [0.1, 0.15) is 11.3 Å². The maximum absolute atomic E-state index is 12.6. The maximum Gasteiger partial charge on any atom is 0.279 e. The Hall–Kier alpha value is -3.26. The third-order valence-electron chi connectivity index (χ3n) is 3.81. The molecule has 130 valence electrons. The molecular formula is C18H15N5O2S. The first-order chi connectivity index (χ1) is 12.7. The Morgan fingerprint density at radius 2 is 1.92 bits per heavy atom. The molecule has 0 aliphatic heterocycles. The van der Waals surface area contributed by atoms with Crippen LogP contribution in [0.5, 0.6) is 5.75 Å². The first-order valence-electron chi connectivity index (χ1n) is 7.90. The number of rotatable bonds is 4. The number of nitrogens with one attached hydrogen (secondary N) is 1. The van der Waals surface area contributed by atoms with E-state index >= 15 is 0 Å². The quantitative estimate of drug-likeness (QED) is 0.599. The lowest BCUT2D eigenvalue weighted by Gasteiger charge is -1.99.